The third kappa shape index (κ3) is 4.77. The molecule has 0 saturated heterocycles. The van der Waals surface area contributed by atoms with Crippen molar-refractivity contribution in [1.82, 2.24) is 4.98 Å². The zero-order valence-electron chi connectivity index (χ0n) is 14.9. The Kier molecular flexibility index (Phi) is 5.58. The topological polar surface area (TPSA) is 97.1 Å². The summed E-state index contributed by atoms with van der Waals surface area (Å²) in [5.41, 5.74) is 8.77. The molecule has 0 radical (unpaired) electrons. The fourth-order valence-corrected chi connectivity index (χ4v) is 2.64. The number of rotatable bonds is 5. The minimum atomic E-state index is -0.342. The minimum Gasteiger partial charge on any atom is -0.326 e. The number of nitrogens with two attached hydrogens (primary N) is 1. The summed E-state index contributed by atoms with van der Waals surface area (Å²) in [5, 5.41) is 5.55. The fraction of sp³-hybridized carbons (Fsp3) is 0.0952. The maximum atomic E-state index is 12.5. The zero-order chi connectivity index (χ0) is 19.2. The van der Waals surface area contributed by atoms with Gasteiger partial charge in [0, 0.05) is 29.1 Å². The molecule has 0 saturated carbocycles. The molecular formula is C21H20N4O2. The van der Waals surface area contributed by atoms with Crippen molar-refractivity contribution in [2.75, 3.05) is 10.6 Å². The van der Waals surface area contributed by atoms with Crippen LogP contribution in [0.3, 0.4) is 0 Å². The van der Waals surface area contributed by atoms with Gasteiger partial charge in [0.1, 0.15) is 5.82 Å². The van der Waals surface area contributed by atoms with Gasteiger partial charge in [-0.2, -0.15) is 0 Å². The maximum absolute atomic E-state index is 12.5. The Bertz CT molecular complexity index is 971. The number of carbonyl (C=O) groups excluding carboxylic acids is 2. The molecule has 0 unspecified atom stereocenters. The predicted octanol–water partition coefficient (Wildman–Crippen LogP) is 3.35. The normalized spacial score (nSPS) is 10.3. The van der Waals surface area contributed by atoms with Crippen LogP contribution in [0.2, 0.25) is 0 Å². The highest BCUT2D eigenvalue weighted by Gasteiger charge is 2.12. The number of hydrogen-bond acceptors (Lipinski definition) is 4. The largest absolute Gasteiger partial charge is 0.326 e. The van der Waals surface area contributed by atoms with E-state index in [1.165, 1.54) is 0 Å². The second kappa shape index (κ2) is 8.25. The molecule has 0 atom stereocenters. The Morgan fingerprint density at radius 1 is 0.889 bits per heavy atom. The summed E-state index contributed by atoms with van der Waals surface area (Å²) in [6, 6.07) is 19.3. The van der Waals surface area contributed by atoms with Gasteiger partial charge in [0.2, 0.25) is 0 Å². The molecule has 3 rings (SSSR count). The Morgan fingerprint density at radius 2 is 1.56 bits per heavy atom. The second-order valence-electron chi connectivity index (χ2n) is 6.06. The van der Waals surface area contributed by atoms with Crippen LogP contribution in [0.1, 0.15) is 32.0 Å². The molecule has 6 nitrogen and oxygen atoms in total. The maximum Gasteiger partial charge on any atom is 0.256 e. The quantitative estimate of drug-likeness (QED) is 0.650. The van der Waals surface area contributed by atoms with Crippen molar-refractivity contribution in [2.45, 2.75) is 13.5 Å². The van der Waals surface area contributed by atoms with Gasteiger partial charge in [-0.3, -0.25) is 9.59 Å². The zero-order valence-corrected chi connectivity index (χ0v) is 14.9. The van der Waals surface area contributed by atoms with E-state index in [9.17, 15) is 9.59 Å². The molecule has 2 aromatic carbocycles. The van der Waals surface area contributed by atoms with Gasteiger partial charge in [0.15, 0.2) is 0 Å². The summed E-state index contributed by atoms with van der Waals surface area (Å²) in [6.45, 7) is 2.20. The first-order chi connectivity index (χ1) is 13.0. The van der Waals surface area contributed by atoms with Gasteiger partial charge >= 0.3 is 0 Å². The summed E-state index contributed by atoms with van der Waals surface area (Å²) in [5.74, 6) is -0.194. The van der Waals surface area contributed by atoms with Crippen molar-refractivity contribution in [3.8, 4) is 0 Å². The van der Waals surface area contributed by atoms with E-state index < -0.39 is 0 Å². The number of anilines is 2. The molecule has 6 heteroatoms. The van der Waals surface area contributed by atoms with Gasteiger partial charge in [-0.15, -0.1) is 0 Å². The second-order valence-corrected chi connectivity index (χ2v) is 6.06. The average molecular weight is 360 g/mol. The Hall–Kier alpha value is -3.51. The summed E-state index contributed by atoms with van der Waals surface area (Å²) < 4.78 is 0. The lowest BCUT2D eigenvalue weighted by molar-refractivity contribution is 0.102. The van der Waals surface area contributed by atoms with Crippen molar-refractivity contribution in [3.63, 3.8) is 0 Å². The molecule has 1 aromatic heterocycles. The summed E-state index contributed by atoms with van der Waals surface area (Å²) in [6.07, 6.45) is 0. The number of amides is 2. The van der Waals surface area contributed by atoms with Crippen LogP contribution in [0.5, 0.6) is 0 Å². The molecule has 0 aliphatic heterocycles. The van der Waals surface area contributed by atoms with E-state index in [0.29, 0.717) is 29.2 Å². The van der Waals surface area contributed by atoms with Crippen LogP contribution in [-0.2, 0) is 6.54 Å². The van der Waals surface area contributed by atoms with E-state index in [4.69, 9.17) is 5.73 Å². The fourth-order valence-electron chi connectivity index (χ4n) is 2.64. The van der Waals surface area contributed by atoms with Crippen molar-refractivity contribution in [3.05, 3.63) is 89.1 Å². The third-order valence-corrected chi connectivity index (χ3v) is 3.91. The van der Waals surface area contributed by atoms with Gasteiger partial charge in [0.05, 0.1) is 0 Å². The lowest BCUT2D eigenvalue weighted by Crippen LogP contribution is -2.16. The highest BCUT2D eigenvalue weighted by atomic mass is 16.2. The number of pyridine rings is 1. The molecular weight excluding hydrogens is 340 g/mol. The summed E-state index contributed by atoms with van der Waals surface area (Å²) in [4.78, 5) is 29.2. The highest BCUT2D eigenvalue weighted by Crippen LogP contribution is 2.14. The predicted molar refractivity (Wildman–Crippen MR) is 106 cm³/mol. The van der Waals surface area contributed by atoms with E-state index in [1.807, 2.05) is 31.2 Å². The van der Waals surface area contributed by atoms with Crippen molar-refractivity contribution >= 4 is 23.3 Å². The van der Waals surface area contributed by atoms with Crippen molar-refractivity contribution < 1.29 is 9.59 Å². The molecule has 1 heterocycles. The van der Waals surface area contributed by atoms with Crippen LogP contribution >= 0.6 is 0 Å². The first-order valence-corrected chi connectivity index (χ1v) is 8.50. The van der Waals surface area contributed by atoms with Gasteiger partial charge in [0.25, 0.3) is 11.8 Å². The molecule has 0 spiro atoms. The first kappa shape index (κ1) is 18.3. The number of benzene rings is 2. The SMILES string of the molecule is Cc1cc(CN)cc(NC(=O)c2cccc(C(=O)Nc3ccccc3)c2)n1. The standard InChI is InChI=1S/C21H20N4O2/c1-14-10-15(13-22)11-19(23-14)25-21(27)17-7-5-6-16(12-17)20(26)24-18-8-3-2-4-9-18/h2-12H,13,22H2,1H3,(H,24,26)(H,23,25,27). The molecule has 0 aliphatic rings. The first-order valence-electron chi connectivity index (χ1n) is 8.50. The smallest absolute Gasteiger partial charge is 0.256 e. The highest BCUT2D eigenvalue weighted by molar-refractivity contribution is 6.08. The average Bonchev–Trinajstić information content (AvgIpc) is 2.68. The number of aromatic nitrogens is 1. The number of nitrogens with one attached hydrogen (secondary N) is 2. The van der Waals surface area contributed by atoms with Crippen LogP contribution in [0.25, 0.3) is 0 Å². The summed E-state index contributed by atoms with van der Waals surface area (Å²) in [7, 11) is 0. The van der Waals surface area contributed by atoms with Crippen LogP contribution in [0.4, 0.5) is 11.5 Å². The van der Waals surface area contributed by atoms with E-state index in [0.717, 1.165) is 11.3 Å². The molecule has 27 heavy (non-hydrogen) atoms. The summed E-state index contributed by atoms with van der Waals surface area (Å²) >= 11 is 0. The lowest BCUT2D eigenvalue weighted by atomic mass is 10.1. The monoisotopic (exact) mass is 360 g/mol. The Morgan fingerprint density at radius 3 is 2.22 bits per heavy atom. The van der Waals surface area contributed by atoms with Crippen molar-refractivity contribution in [2.24, 2.45) is 5.73 Å². The molecule has 0 fully saturated rings. The molecule has 0 bridgehead atoms. The van der Waals surface area contributed by atoms with Gasteiger partial charge in [-0.1, -0.05) is 24.3 Å². The van der Waals surface area contributed by atoms with Crippen LogP contribution < -0.4 is 16.4 Å². The molecule has 0 aliphatic carbocycles. The van der Waals surface area contributed by atoms with E-state index in [-0.39, 0.29) is 11.8 Å². The van der Waals surface area contributed by atoms with Gasteiger partial charge in [-0.25, -0.2) is 4.98 Å². The third-order valence-electron chi connectivity index (χ3n) is 3.91. The van der Waals surface area contributed by atoms with Gasteiger partial charge in [-0.05, 0) is 55.0 Å². The van der Waals surface area contributed by atoms with Crippen LogP contribution in [-0.4, -0.2) is 16.8 Å². The van der Waals surface area contributed by atoms with E-state index >= 15 is 0 Å². The van der Waals surface area contributed by atoms with Crippen molar-refractivity contribution in [1.29, 1.82) is 0 Å². The molecule has 136 valence electrons. The van der Waals surface area contributed by atoms with E-state index in [2.05, 4.69) is 15.6 Å². The number of hydrogen-bond donors (Lipinski definition) is 3. The number of carbonyl (C=O) groups is 2. The molecule has 2 amide bonds. The molecule has 3 aromatic rings. The minimum absolute atomic E-state index is 0.282. The van der Waals surface area contributed by atoms with Gasteiger partial charge < -0.3 is 16.4 Å². The van der Waals surface area contributed by atoms with E-state index in [1.54, 1.807) is 42.5 Å². The number of para-hydroxylation sites is 1. The van der Waals surface area contributed by atoms with Crippen LogP contribution in [0, 0.1) is 6.92 Å². The Balaban J connectivity index is 1.75. The van der Waals surface area contributed by atoms with Crippen LogP contribution in [0.15, 0.2) is 66.7 Å². The molecule has 4 N–H and O–H groups in total. The Labute approximate surface area is 157 Å². The number of aryl methyl sites for hydroxylation is 1. The lowest BCUT2D eigenvalue weighted by Gasteiger charge is -2.09. The number of nitrogens with zero attached hydrogens (tertiary/aromatic N) is 1.